The van der Waals surface area contributed by atoms with Crippen molar-refractivity contribution in [2.45, 2.75) is 34.1 Å². The fraction of sp³-hybridized carbons (Fsp3) is 0.194. The Morgan fingerprint density at radius 2 is 1.62 bits per heavy atom. The minimum Gasteiger partial charge on any atom is -0.497 e. The number of nitrogens with two attached hydrogens (primary N) is 2. The van der Waals surface area contributed by atoms with Gasteiger partial charge in [-0.3, -0.25) is 10.4 Å². The summed E-state index contributed by atoms with van der Waals surface area (Å²) in [4.78, 5) is 4.35. The normalized spacial score (nSPS) is 9.89. The SMILES string of the molecule is C/C(C#N)=C\C=C/Cc1cc(N)c(C(=N)N)c(C)n1.C=C.COc1ccc(C)cc1.Cc1ccccc1. The second-order valence-electron chi connectivity index (χ2n) is 7.84. The Balaban J connectivity index is 0.000000590. The topological polar surface area (TPSA) is 122 Å². The highest BCUT2D eigenvalue weighted by molar-refractivity contribution is 6.00. The molecule has 0 aliphatic carbocycles. The van der Waals surface area contributed by atoms with Gasteiger partial charge in [-0.05, 0) is 52.0 Å². The van der Waals surface area contributed by atoms with Crippen LogP contribution in [0.15, 0.2) is 97.6 Å². The monoisotopic (exact) mass is 497 g/mol. The average Bonchev–Trinajstić information content (AvgIpc) is 2.89. The van der Waals surface area contributed by atoms with Crippen LogP contribution in [0.5, 0.6) is 5.75 Å². The summed E-state index contributed by atoms with van der Waals surface area (Å²) >= 11 is 0. The molecule has 3 aromatic rings. The number of nitriles is 1. The van der Waals surface area contributed by atoms with Gasteiger partial charge in [-0.25, -0.2) is 0 Å². The number of pyridine rings is 1. The van der Waals surface area contributed by atoms with Gasteiger partial charge in [0.2, 0.25) is 0 Å². The summed E-state index contributed by atoms with van der Waals surface area (Å²) in [5.41, 5.74) is 16.9. The fourth-order valence-corrected chi connectivity index (χ4v) is 2.87. The highest BCUT2D eigenvalue weighted by atomic mass is 16.5. The number of ether oxygens (including phenoxy) is 1. The molecule has 0 radical (unpaired) electrons. The van der Waals surface area contributed by atoms with Crippen molar-refractivity contribution in [3.63, 3.8) is 0 Å². The summed E-state index contributed by atoms with van der Waals surface area (Å²) in [6.45, 7) is 13.7. The van der Waals surface area contributed by atoms with Crippen LogP contribution in [-0.4, -0.2) is 17.9 Å². The number of anilines is 1. The van der Waals surface area contributed by atoms with Crippen molar-refractivity contribution < 1.29 is 4.74 Å². The summed E-state index contributed by atoms with van der Waals surface area (Å²) in [5, 5.41) is 16.0. The lowest BCUT2D eigenvalue weighted by Crippen LogP contribution is -2.17. The molecule has 0 fully saturated rings. The molecule has 0 spiro atoms. The maximum atomic E-state index is 8.59. The van der Waals surface area contributed by atoms with Crippen molar-refractivity contribution in [3.05, 3.63) is 126 Å². The number of nitrogens with zero attached hydrogens (tertiary/aromatic N) is 2. The van der Waals surface area contributed by atoms with Gasteiger partial charge in [-0.1, -0.05) is 65.7 Å². The van der Waals surface area contributed by atoms with E-state index in [-0.39, 0.29) is 5.84 Å². The van der Waals surface area contributed by atoms with E-state index in [1.54, 1.807) is 33.1 Å². The Morgan fingerprint density at radius 3 is 2.05 bits per heavy atom. The maximum Gasteiger partial charge on any atom is 0.126 e. The van der Waals surface area contributed by atoms with E-state index in [4.69, 9.17) is 26.9 Å². The van der Waals surface area contributed by atoms with Crippen LogP contribution in [0.2, 0.25) is 0 Å². The van der Waals surface area contributed by atoms with Crippen LogP contribution in [0.4, 0.5) is 5.69 Å². The van der Waals surface area contributed by atoms with Gasteiger partial charge in [0.05, 0.1) is 24.4 Å². The van der Waals surface area contributed by atoms with Crippen molar-refractivity contribution in [2.75, 3.05) is 12.8 Å². The molecule has 0 aliphatic heterocycles. The molecule has 0 unspecified atom stereocenters. The Kier molecular flexibility index (Phi) is 16.3. The van der Waals surface area contributed by atoms with Crippen molar-refractivity contribution in [2.24, 2.45) is 5.73 Å². The van der Waals surface area contributed by atoms with Crippen LogP contribution in [0.1, 0.15) is 35.0 Å². The molecule has 6 heteroatoms. The number of hydrogen-bond donors (Lipinski definition) is 3. The van der Waals surface area contributed by atoms with E-state index in [9.17, 15) is 0 Å². The molecular formula is C31H39N5O. The highest BCUT2D eigenvalue weighted by Gasteiger charge is 2.09. The largest absolute Gasteiger partial charge is 0.497 e. The minimum atomic E-state index is -0.0721. The Hall–Kier alpha value is -4.63. The molecule has 0 bridgehead atoms. The van der Waals surface area contributed by atoms with Crippen LogP contribution >= 0.6 is 0 Å². The van der Waals surface area contributed by atoms with Crippen LogP contribution in [-0.2, 0) is 6.42 Å². The number of amidine groups is 1. The van der Waals surface area contributed by atoms with Crippen LogP contribution in [0, 0.1) is 37.5 Å². The molecule has 1 aromatic heterocycles. The fourth-order valence-electron chi connectivity index (χ4n) is 2.87. The molecule has 0 atom stereocenters. The van der Waals surface area contributed by atoms with Gasteiger partial charge in [0, 0.05) is 23.4 Å². The first-order chi connectivity index (χ1) is 17.7. The molecule has 194 valence electrons. The molecule has 2 aromatic carbocycles. The summed E-state index contributed by atoms with van der Waals surface area (Å²) in [7, 11) is 1.67. The van der Waals surface area contributed by atoms with Crippen molar-refractivity contribution in [1.29, 1.82) is 10.7 Å². The number of nitrogen functional groups attached to an aromatic ring is 2. The summed E-state index contributed by atoms with van der Waals surface area (Å²) in [6.07, 6.45) is 6.05. The summed E-state index contributed by atoms with van der Waals surface area (Å²) < 4.78 is 4.97. The minimum absolute atomic E-state index is 0.0721. The van der Waals surface area contributed by atoms with Crippen LogP contribution < -0.4 is 16.2 Å². The standard InChI is InChI=1S/C14H17N5.C8H10O.C7H8.C2H4/c1-9(8-15)5-3-4-6-11-7-12(16)13(14(17)18)10(2)19-11;1-7-3-5-8(9-2)6-4-7;1-7-5-3-2-4-6-7;1-2/h3-5,7H,6H2,1-2H3,(H2,16,19)(H3,17,18);3-6H,1-2H3;2-6H,1H3;1-2H2/b4-3-,9-5+;;;. The van der Waals surface area contributed by atoms with E-state index in [0.29, 0.717) is 28.9 Å². The molecule has 3 rings (SSSR count). The third kappa shape index (κ3) is 13.7. The van der Waals surface area contributed by atoms with Gasteiger partial charge < -0.3 is 16.2 Å². The highest BCUT2D eigenvalue weighted by Crippen LogP contribution is 2.16. The van der Waals surface area contributed by atoms with E-state index in [1.165, 1.54) is 11.1 Å². The van der Waals surface area contributed by atoms with Crippen LogP contribution in [0.3, 0.4) is 0 Å². The number of aromatic nitrogens is 1. The van der Waals surface area contributed by atoms with Crippen molar-refractivity contribution >= 4 is 11.5 Å². The number of hydrogen-bond acceptors (Lipinski definition) is 5. The lowest BCUT2D eigenvalue weighted by molar-refractivity contribution is 0.414. The predicted molar refractivity (Wildman–Crippen MR) is 157 cm³/mol. The molecule has 0 amide bonds. The van der Waals surface area contributed by atoms with Crippen molar-refractivity contribution in [3.8, 4) is 11.8 Å². The maximum absolute atomic E-state index is 8.59. The molecule has 0 aliphatic rings. The zero-order chi connectivity index (χ0) is 28.2. The van der Waals surface area contributed by atoms with Gasteiger partial charge in [-0.2, -0.15) is 5.26 Å². The van der Waals surface area contributed by atoms with E-state index in [2.05, 4.69) is 44.1 Å². The van der Waals surface area contributed by atoms with Gasteiger partial charge in [0.15, 0.2) is 0 Å². The number of nitrogens with one attached hydrogen (secondary N) is 1. The Morgan fingerprint density at radius 1 is 1.05 bits per heavy atom. The average molecular weight is 498 g/mol. The lowest BCUT2D eigenvalue weighted by Gasteiger charge is -2.08. The number of rotatable bonds is 5. The number of allylic oxidation sites excluding steroid dienone is 4. The van der Waals surface area contributed by atoms with E-state index < -0.39 is 0 Å². The smallest absolute Gasteiger partial charge is 0.126 e. The first-order valence-corrected chi connectivity index (χ1v) is 11.6. The second-order valence-corrected chi connectivity index (χ2v) is 7.84. The number of benzene rings is 2. The van der Waals surface area contributed by atoms with Gasteiger partial charge in [0.1, 0.15) is 11.6 Å². The van der Waals surface area contributed by atoms with Gasteiger partial charge >= 0.3 is 0 Å². The van der Waals surface area contributed by atoms with E-state index in [1.807, 2.05) is 60.7 Å². The van der Waals surface area contributed by atoms with E-state index >= 15 is 0 Å². The van der Waals surface area contributed by atoms with Crippen molar-refractivity contribution in [1.82, 2.24) is 4.98 Å². The molecule has 0 saturated heterocycles. The number of methoxy groups -OCH3 is 1. The Labute approximate surface area is 222 Å². The third-order valence-corrected chi connectivity index (χ3v) is 4.74. The quantitative estimate of drug-likeness (QED) is 0.120. The molecule has 37 heavy (non-hydrogen) atoms. The van der Waals surface area contributed by atoms with Gasteiger partial charge in [-0.15, -0.1) is 13.2 Å². The molecular weight excluding hydrogens is 458 g/mol. The van der Waals surface area contributed by atoms with E-state index in [0.717, 1.165) is 11.4 Å². The third-order valence-electron chi connectivity index (χ3n) is 4.74. The zero-order valence-corrected chi connectivity index (χ0v) is 22.6. The zero-order valence-electron chi connectivity index (χ0n) is 22.6. The predicted octanol–water partition coefficient (Wildman–Crippen LogP) is 6.63. The Bertz CT molecular complexity index is 1170. The first-order valence-electron chi connectivity index (χ1n) is 11.6. The lowest BCUT2D eigenvalue weighted by atomic mass is 10.1. The van der Waals surface area contributed by atoms with Crippen LogP contribution in [0.25, 0.3) is 0 Å². The first kappa shape index (κ1) is 32.4. The van der Waals surface area contributed by atoms with Gasteiger partial charge in [0.25, 0.3) is 0 Å². The summed E-state index contributed by atoms with van der Waals surface area (Å²) in [6, 6.07) is 22.0. The molecule has 1 heterocycles. The molecule has 0 saturated carbocycles. The molecule has 6 nitrogen and oxygen atoms in total. The summed E-state index contributed by atoms with van der Waals surface area (Å²) in [5.74, 6) is 0.845. The molecule has 5 N–H and O–H groups in total. The number of aryl methyl sites for hydroxylation is 3. The second kappa shape index (κ2) is 18.7.